The minimum absolute atomic E-state index is 0. The summed E-state index contributed by atoms with van der Waals surface area (Å²) in [6, 6.07) is 17.8. The molecule has 0 saturated heterocycles. The zero-order valence-corrected chi connectivity index (χ0v) is 11.2. The van der Waals surface area contributed by atoms with Crippen molar-refractivity contribution in [2.24, 2.45) is 0 Å². The lowest BCUT2D eigenvalue weighted by Crippen LogP contribution is -2.18. The molecule has 96 valence electrons. The molecule has 0 saturated carbocycles. The van der Waals surface area contributed by atoms with Crippen molar-refractivity contribution in [3.63, 3.8) is 0 Å². The molecule has 2 aromatic rings. The fourth-order valence-electron chi connectivity index (χ4n) is 1.83. The van der Waals surface area contributed by atoms with Gasteiger partial charge in [-0.05, 0) is 18.6 Å². The molecule has 18 heavy (non-hydrogen) atoms. The van der Waals surface area contributed by atoms with Crippen LogP contribution < -0.4 is 5.32 Å². The summed E-state index contributed by atoms with van der Waals surface area (Å²) in [6.45, 7) is 2.86. The minimum atomic E-state index is 0. The van der Waals surface area contributed by atoms with Crippen LogP contribution in [0.15, 0.2) is 54.6 Å². The van der Waals surface area contributed by atoms with Gasteiger partial charge in [0.15, 0.2) is 0 Å². The molecule has 0 amide bonds. The molecular formula is C15H18ClNO. The number of phenolic OH excluding ortho intramolecular Hbond substituents is 1. The SMILES string of the molecule is CC(NCc1ccccc1)c1ccccc1O.Cl. The number of nitrogens with one attached hydrogen (secondary N) is 1. The van der Waals surface area contributed by atoms with E-state index in [0.29, 0.717) is 5.75 Å². The predicted octanol–water partition coefficient (Wildman–Crippen LogP) is 3.66. The largest absolute Gasteiger partial charge is 0.508 e. The second kappa shape index (κ2) is 7.04. The normalized spacial score (nSPS) is 11.6. The van der Waals surface area contributed by atoms with E-state index in [4.69, 9.17) is 0 Å². The number of halogens is 1. The van der Waals surface area contributed by atoms with Crippen molar-refractivity contribution in [3.05, 3.63) is 65.7 Å². The van der Waals surface area contributed by atoms with Gasteiger partial charge in [0.1, 0.15) is 5.75 Å². The van der Waals surface area contributed by atoms with Crippen LogP contribution in [-0.4, -0.2) is 5.11 Å². The molecule has 3 heteroatoms. The second-order valence-electron chi connectivity index (χ2n) is 4.15. The topological polar surface area (TPSA) is 32.3 Å². The van der Waals surface area contributed by atoms with Crippen molar-refractivity contribution >= 4 is 12.4 Å². The Hall–Kier alpha value is -1.51. The van der Waals surface area contributed by atoms with Gasteiger partial charge in [-0.15, -0.1) is 12.4 Å². The first-order chi connectivity index (χ1) is 8.27. The zero-order valence-electron chi connectivity index (χ0n) is 10.3. The average Bonchev–Trinajstić information content (AvgIpc) is 2.38. The highest BCUT2D eigenvalue weighted by atomic mass is 35.5. The molecule has 2 nitrogen and oxygen atoms in total. The Kier molecular flexibility index (Phi) is 5.69. The third-order valence-corrected chi connectivity index (χ3v) is 2.86. The van der Waals surface area contributed by atoms with Gasteiger partial charge in [0.2, 0.25) is 0 Å². The molecule has 2 aromatic carbocycles. The lowest BCUT2D eigenvalue weighted by molar-refractivity contribution is 0.452. The maximum Gasteiger partial charge on any atom is 0.120 e. The molecule has 0 aliphatic heterocycles. The fraction of sp³-hybridized carbons (Fsp3) is 0.200. The average molecular weight is 264 g/mol. The highest BCUT2D eigenvalue weighted by Gasteiger charge is 2.08. The molecule has 0 fully saturated rings. The molecule has 1 unspecified atom stereocenters. The van der Waals surface area contributed by atoms with Crippen LogP contribution in [-0.2, 0) is 6.54 Å². The van der Waals surface area contributed by atoms with E-state index in [2.05, 4.69) is 24.4 Å². The van der Waals surface area contributed by atoms with E-state index in [1.165, 1.54) is 5.56 Å². The van der Waals surface area contributed by atoms with E-state index in [9.17, 15) is 5.11 Å². The second-order valence-corrected chi connectivity index (χ2v) is 4.15. The zero-order chi connectivity index (χ0) is 12.1. The Morgan fingerprint density at radius 3 is 2.28 bits per heavy atom. The van der Waals surface area contributed by atoms with Crippen molar-refractivity contribution in [1.82, 2.24) is 5.32 Å². The van der Waals surface area contributed by atoms with Gasteiger partial charge in [-0.25, -0.2) is 0 Å². The Morgan fingerprint density at radius 1 is 1.00 bits per heavy atom. The van der Waals surface area contributed by atoms with Crippen LogP contribution in [0, 0.1) is 0 Å². The quantitative estimate of drug-likeness (QED) is 0.882. The van der Waals surface area contributed by atoms with Gasteiger partial charge in [-0.2, -0.15) is 0 Å². The molecular weight excluding hydrogens is 246 g/mol. The summed E-state index contributed by atoms with van der Waals surface area (Å²) >= 11 is 0. The van der Waals surface area contributed by atoms with Crippen LogP contribution >= 0.6 is 12.4 Å². The molecule has 0 aliphatic carbocycles. The van der Waals surface area contributed by atoms with Crippen LogP contribution in [0.4, 0.5) is 0 Å². The van der Waals surface area contributed by atoms with Crippen LogP contribution in [0.5, 0.6) is 5.75 Å². The van der Waals surface area contributed by atoms with Gasteiger partial charge in [0, 0.05) is 18.2 Å². The van der Waals surface area contributed by atoms with Crippen molar-refractivity contribution in [2.75, 3.05) is 0 Å². The Labute approximate surface area is 114 Å². The van der Waals surface area contributed by atoms with Gasteiger partial charge in [0.25, 0.3) is 0 Å². The molecule has 0 heterocycles. The molecule has 0 spiro atoms. The Morgan fingerprint density at radius 2 is 1.61 bits per heavy atom. The minimum Gasteiger partial charge on any atom is -0.508 e. The van der Waals surface area contributed by atoms with E-state index in [-0.39, 0.29) is 18.4 Å². The summed E-state index contributed by atoms with van der Waals surface area (Å²) < 4.78 is 0. The van der Waals surface area contributed by atoms with Crippen molar-refractivity contribution in [2.45, 2.75) is 19.5 Å². The Balaban J connectivity index is 0.00000162. The predicted molar refractivity (Wildman–Crippen MR) is 77.1 cm³/mol. The number of phenols is 1. The summed E-state index contributed by atoms with van der Waals surface area (Å²) in [5, 5.41) is 13.1. The highest BCUT2D eigenvalue weighted by Crippen LogP contribution is 2.23. The molecule has 0 aliphatic rings. The third-order valence-electron chi connectivity index (χ3n) is 2.86. The van der Waals surface area contributed by atoms with Crippen molar-refractivity contribution in [1.29, 1.82) is 0 Å². The van der Waals surface area contributed by atoms with Gasteiger partial charge in [-0.1, -0.05) is 48.5 Å². The number of benzene rings is 2. The lowest BCUT2D eigenvalue weighted by Gasteiger charge is -2.15. The first-order valence-corrected chi connectivity index (χ1v) is 5.82. The highest BCUT2D eigenvalue weighted by molar-refractivity contribution is 5.85. The summed E-state index contributed by atoms with van der Waals surface area (Å²) in [5.74, 6) is 0.348. The van der Waals surface area contributed by atoms with Crippen LogP contribution in [0.1, 0.15) is 24.1 Å². The summed E-state index contributed by atoms with van der Waals surface area (Å²) in [4.78, 5) is 0. The number of hydrogen-bond donors (Lipinski definition) is 2. The number of aromatic hydroxyl groups is 1. The van der Waals surface area contributed by atoms with Gasteiger partial charge >= 0.3 is 0 Å². The summed E-state index contributed by atoms with van der Waals surface area (Å²) in [6.07, 6.45) is 0. The summed E-state index contributed by atoms with van der Waals surface area (Å²) in [7, 11) is 0. The molecule has 0 radical (unpaired) electrons. The monoisotopic (exact) mass is 263 g/mol. The smallest absolute Gasteiger partial charge is 0.120 e. The van der Waals surface area contributed by atoms with Crippen LogP contribution in [0.2, 0.25) is 0 Å². The molecule has 2 N–H and O–H groups in total. The standard InChI is InChI=1S/C15H17NO.ClH/c1-12(14-9-5-6-10-15(14)17)16-11-13-7-3-2-4-8-13;/h2-10,12,16-17H,11H2,1H3;1H. The first kappa shape index (κ1) is 14.6. The van der Waals surface area contributed by atoms with Gasteiger partial charge < -0.3 is 10.4 Å². The van der Waals surface area contributed by atoms with E-state index >= 15 is 0 Å². The van der Waals surface area contributed by atoms with Gasteiger partial charge in [0.05, 0.1) is 0 Å². The number of rotatable bonds is 4. The van der Waals surface area contributed by atoms with E-state index in [1.54, 1.807) is 6.07 Å². The van der Waals surface area contributed by atoms with Crippen molar-refractivity contribution < 1.29 is 5.11 Å². The van der Waals surface area contributed by atoms with Crippen LogP contribution in [0.25, 0.3) is 0 Å². The number of hydrogen-bond acceptors (Lipinski definition) is 2. The van der Waals surface area contributed by atoms with E-state index in [0.717, 1.165) is 12.1 Å². The van der Waals surface area contributed by atoms with E-state index in [1.807, 2.05) is 36.4 Å². The Bertz CT molecular complexity index is 473. The molecule has 2 rings (SSSR count). The molecule has 0 aromatic heterocycles. The lowest BCUT2D eigenvalue weighted by atomic mass is 10.1. The summed E-state index contributed by atoms with van der Waals surface area (Å²) in [5.41, 5.74) is 2.18. The molecule has 0 bridgehead atoms. The first-order valence-electron chi connectivity index (χ1n) is 5.82. The number of para-hydroxylation sites is 1. The van der Waals surface area contributed by atoms with Crippen molar-refractivity contribution in [3.8, 4) is 5.75 Å². The van der Waals surface area contributed by atoms with Crippen LogP contribution in [0.3, 0.4) is 0 Å². The maximum atomic E-state index is 9.74. The van der Waals surface area contributed by atoms with E-state index < -0.39 is 0 Å². The maximum absolute atomic E-state index is 9.74. The molecule has 1 atom stereocenters. The third kappa shape index (κ3) is 3.76. The van der Waals surface area contributed by atoms with Gasteiger partial charge in [-0.3, -0.25) is 0 Å². The fourth-order valence-corrected chi connectivity index (χ4v) is 1.83.